The highest BCUT2D eigenvalue weighted by Gasteiger charge is 2.20. The third-order valence-electron chi connectivity index (χ3n) is 12.0. The highest BCUT2D eigenvalue weighted by molar-refractivity contribution is 7.26. The standard InChI is InChI=1S/C58H37NOS/c1-2-14-39-33-45(30-29-38(39)13-1)48-21-3-6-26-54(48)59(47-20-11-17-42(36-47)43-31-32-56-53(37-43)50-22-4-7-27-55(50)60-56)46-19-10-16-41(35-46)40-15-9-18-44(34-40)49-24-12-25-52-51-23-5-8-28-57(51)61-58(49)52/h1-37H. The van der Waals surface area contributed by atoms with Gasteiger partial charge in [0.2, 0.25) is 0 Å². The van der Waals surface area contributed by atoms with Gasteiger partial charge < -0.3 is 9.32 Å². The molecule has 0 aliphatic rings. The number of anilines is 3. The zero-order chi connectivity index (χ0) is 40.3. The van der Waals surface area contributed by atoms with Gasteiger partial charge in [0.25, 0.3) is 0 Å². The van der Waals surface area contributed by atoms with Crippen molar-refractivity contribution in [1.29, 1.82) is 0 Å². The molecule has 0 spiro atoms. The van der Waals surface area contributed by atoms with E-state index >= 15 is 0 Å². The minimum absolute atomic E-state index is 0.897. The SMILES string of the molecule is c1cc(-c2cccc(N(c3cccc(-c4ccc5oc6ccccc6c5c4)c3)c3ccccc3-c3ccc4ccccc4c3)c2)cc(-c2cccc3c2sc2ccccc23)c1. The second-order valence-electron chi connectivity index (χ2n) is 15.7. The van der Waals surface area contributed by atoms with Crippen molar-refractivity contribution in [2.75, 3.05) is 4.90 Å². The van der Waals surface area contributed by atoms with Gasteiger partial charge in [-0.3, -0.25) is 0 Å². The van der Waals surface area contributed by atoms with E-state index < -0.39 is 0 Å². The van der Waals surface area contributed by atoms with E-state index in [1.54, 1.807) is 0 Å². The Balaban J connectivity index is 1.01. The van der Waals surface area contributed by atoms with Gasteiger partial charge in [-0.25, -0.2) is 0 Å². The molecule has 0 saturated carbocycles. The van der Waals surface area contributed by atoms with E-state index in [4.69, 9.17) is 4.42 Å². The zero-order valence-electron chi connectivity index (χ0n) is 33.1. The number of para-hydroxylation sites is 2. The second-order valence-corrected chi connectivity index (χ2v) is 16.7. The Kier molecular flexibility index (Phi) is 8.39. The molecule has 0 unspecified atom stereocenters. The molecule has 2 heterocycles. The molecule has 286 valence electrons. The number of fused-ring (bicyclic) bond motifs is 7. The van der Waals surface area contributed by atoms with Crippen molar-refractivity contribution in [3.05, 3.63) is 224 Å². The normalized spacial score (nSPS) is 11.6. The Morgan fingerprint density at radius 2 is 0.902 bits per heavy atom. The molecular formula is C58H37NOS. The van der Waals surface area contributed by atoms with Crippen LogP contribution in [0.1, 0.15) is 0 Å². The van der Waals surface area contributed by atoms with Crippen LogP contribution in [-0.2, 0) is 0 Å². The lowest BCUT2D eigenvalue weighted by Gasteiger charge is -2.29. The zero-order valence-corrected chi connectivity index (χ0v) is 33.9. The smallest absolute Gasteiger partial charge is 0.135 e. The first-order valence-corrected chi connectivity index (χ1v) is 21.5. The molecule has 0 amide bonds. The van der Waals surface area contributed by atoms with Crippen molar-refractivity contribution >= 4 is 81.3 Å². The molecule has 10 aromatic carbocycles. The molecule has 2 aromatic heterocycles. The summed E-state index contributed by atoms with van der Waals surface area (Å²) >= 11 is 1.88. The van der Waals surface area contributed by atoms with Crippen LogP contribution in [0, 0.1) is 0 Å². The van der Waals surface area contributed by atoms with Crippen LogP contribution in [0.25, 0.3) is 97.4 Å². The molecule has 0 radical (unpaired) electrons. The molecule has 0 atom stereocenters. The molecule has 0 N–H and O–H groups in total. The van der Waals surface area contributed by atoms with Gasteiger partial charge in [0.15, 0.2) is 0 Å². The number of thiophene rings is 1. The van der Waals surface area contributed by atoms with Crippen molar-refractivity contribution in [2.24, 2.45) is 0 Å². The van der Waals surface area contributed by atoms with Crippen molar-refractivity contribution in [3.8, 4) is 44.5 Å². The van der Waals surface area contributed by atoms with Gasteiger partial charge in [-0.05, 0) is 116 Å². The van der Waals surface area contributed by atoms with Gasteiger partial charge in [0, 0.05) is 47.9 Å². The summed E-state index contributed by atoms with van der Waals surface area (Å²) in [4.78, 5) is 2.42. The largest absolute Gasteiger partial charge is 0.456 e. The number of hydrogen-bond acceptors (Lipinski definition) is 3. The van der Waals surface area contributed by atoms with E-state index in [9.17, 15) is 0 Å². The first-order valence-electron chi connectivity index (χ1n) is 20.7. The minimum Gasteiger partial charge on any atom is -0.456 e. The lowest BCUT2D eigenvalue weighted by molar-refractivity contribution is 0.669. The fourth-order valence-corrected chi connectivity index (χ4v) is 10.3. The van der Waals surface area contributed by atoms with Crippen LogP contribution < -0.4 is 4.90 Å². The summed E-state index contributed by atoms with van der Waals surface area (Å²) < 4.78 is 8.85. The van der Waals surface area contributed by atoms with E-state index in [0.29, 0.717) is 0 Å². The lowest BCUT2D eigenvalue weighted by atomic mass is 9.96. The van der Waals surface area contributed by atoms with Gasteiger partial charge in [-0.1, -0.05) is 158 Å². The first kappa shape index (κ1) is 35.2. The van der Waals surface area contributed by atoms with E-state index in [2.05, 4.69) is 217 Å². The molecule has 3 heteroatoms. The van der Waals surface area contributed by atoms with E-state index in [-0.39, 0.29) is 0 Å². The Morgan fingerprint density at radius 1 is 0.328 bits per heavy atom. The van der Waals surface area contributed by atoms with Crippen LogP contribution in [0.15, 0.2) is 229 Å². The van der Waals surface area contributed by atoms with Crippen LogP contribution in [0.4, 0.5) is 17.1 Å². The third kappa shape index (κ3) is 6.18. The molecule has 12 rings (SSSR count). The predicted octanol–water partition coefficient (Wildman–Crippen LogP) is 17.2. The fourth-order valence-electron chi connectivity index (χ4n) is 9.09. The number of furan rings is 1. The third-order valence-corrected chi connectivity index (χ3v) is 13.3. The van der Waals surface area contributed by atoms with Crippen LogP contribution in [-0.4, -0.2) is 0 Å². The molecule has 2 nitrogen and oxygen atoms in total. The number of nitrogens with zero attached hydrogens (tertiary/aromatic N) is 1. The minimum atomic E-state index is 0.897. The molecule has 12 aromatic rings. The maximum Gasteiger partial charge on any atom is 0.135 e. The summed E-state index contributed by atoms with van der Waals surface area (Å²) in [6.07, 6.45) is 0. The number of rotatable bonds is 7. The van der Waals surface area contributed by atoms with Gasteiger partial charge in [-0.2, -0.15) is 0 Å². The molecule has 0 fully saturated rings. The Morgan fingerprint density at radius 3 is 1.75 bits per heavy atom. The van der Waals surface area contributed by atoms with Gasteiger partial charge in [-0.15, -0.1) is 11.3 Å². The lowest BCUT2D eigenvalue weighted by Crippen LogP contribution is -2.11. The van der Waals surface area contributed by atoms with Crippen LogP contribution >= 0.6 is 11.3 Å². The molecule has 0 aliphatic heterocycles. The highest BCUT2D eigenvalue weighted by atomic mass is 32.1. The Hall–Kier alpha value is -7.72. The van der Waals surface area contributed by atoms with Crippen LogP contribution in [0.3, 0.4) is 0 Å². The molecule has 0 bridgehead atoms. The van der Waals surface area contributed by atoms with Crippen molar-refractivity contribution < 1.29 is 4.42 Å². The summed E-state index contributed by atoms with van der Waals surface area (Å²) in [5, 5.41) is 7.33. The van der Waals surface area contributed by atoms with Crippen LogP contribution in [0.2, 0.25) is 0 Å². The second kappa shape index (κ2) is 14.5. The average molecular weight is 796 g/mol. The average Bonchev–Trinajstić information content (AvgIpc) is 3.90. The van der Waals surface area contributed by atoms with Crippen molar-refractivity contribution in [2.45, 2.75) is 0 Å². The van der Waals surface area contributed by atoms with Gasteiger partial charge >= 0.3 is 0 Å². The topological polar surface area (TPSA) is 16.4 Å². The molecule has 0 saturated heterocycles. The maximum atomic E-state index is 6.21. The van der Waals surface area contributed by atoms with Gasteiger partial charge in [0.1, 0.15) is 11.2 Å². The number of benzene rings is 10. The quantitative estimate of drug-likeness (QED) is 0.160. The van der Waals surface area contributed by atoms with Crippen molar-refractivity contribution in [1.82, 2.24) is 0 Å². The summed E-state index contributed by atoms with van der Waals surface area (Å²) in [5.74, 6) is 0. The maximum absolute atomic E-state index is 6.21. The molecular weight excluding hydrogens is 759 g/mol. The summed E-state index contributed by atoms with van der Waals surface area (Å²) in [6.45, 7) is 0. The summed E-state index contributed by atoms with van der Waals surface area (Å²) in [5.41, 5.74) is 14.5. The van der Waals surface area contributed by atoms with E-state index in [1.807, 2.05) is 23.5 Å². The van der Waals surface area contributed by atoms with E-state index in [1.165, 1.54) is 53.2 Å². The van der Waals surface area contributed by atoms with Crippen molar-refractivity contribution in [3.63, 3.8) is 0 Å². The predicted molar refractivity (Wildman–Crippen MR) is 261 cm³/mol. The number of hydrogen-bond donors (Lipinski definition) is 0. The Labute approximate surface area is 357 Å². The van der Waals surface area contributed by atoms with E-state index in [0.717, 1.165) is 61.3 Å². The van der Waals surface area contributed by atoms with Crippen LogP contribution in [0.5, 0.6) is 0 Å². The Bertz CT molecular complexity index is 3630. The highest BCUT2D eigenvalue weighted by Crippen LogP contribution is 2.45. The monoisotopic (exact) mass is 795 g/mol. The molecule has 61 heavy (non-hydrogen) atoms. The summed E-state index contributed by atoms with van der Waals surface area (Å²) in [7, 11) is 0. The summed E-state index contributed by atoms with van der Waals surface area (Å²) in [6, 6.07) is 81.4. The fraction of sp³-hybridized carbons (Fsp3) is 0. The molecule has 0 aliphatic carbocycles. The van der Waals surface area contributed by atoms with Gasteiger partial charge in [0.05, 0.1) is 5.69 Å². The first-order chi connectivity index (χ1) is 30.2.